The normalized spacial score (nSPS) is 24.1. The average Bonchev–Trinajstić information content (AvgIpc) is 3.66. The summed E-state index contributed by atoms with van der Waals surface area (Å²) in [6.07, 6.45) is 1.69. The summed E-state index contributed by atoms with van der Waals surface area (Å²) in [7, 11) is 0. The molecule has 5 rings (SSSR count). The zero-order valence-corrected chi connectivity index (χ0v) is 25.2. The molecule has 0 aliphatic carbocycles. The van der Waals surface area contributed by atoms with E-state index in [2.05, 4.69) is 10.3 Å². The molecule has 0 bridgehead atoms. The maximum absolute atomic E-state index is 15.5. The first-order chi connectivity index (χ1) is 20.3. The first-order valence-corrected chi connectivity index (χ1v) is 14.9. The number of fused-ring (bicyclic) bond motifs is 1. The number of likely N-dealkylation sites (tertiary alicyclic amines) is 1. The topological polar surface area (TPSA) is 117 Å². The van der Waals surface area contributed by atoms with Crippen LogP contribution in [-0.2, 0) is 19.2 Å². The van der Waals surface area contributed by atoms with E-state index in [1.54, 1.807) is 18.5 Å². The summed E-state index contributed by atoms with van der Waals surface area (Å²) in [5.41, 5.74) is -0.463. The SMILES string of the molecule is CCOC(=O)C1=C(CN2CC(F)(F)C3C2CON3CCC(C)(C)C(=O)O)NC(c2nccs2)=NC1c1ccc(F)cc1Cl. The lowest BCUT2D eigenvalue weighted by Crippen LogP contribution is -2.46. The molecular formula is C28H31ClF3N5O5S. The van der Waals surface area contributed by atoms with Crippen LogP contribution in [0.2, 0.25) is 5.02 Å². The minimum absolute atomic E-state index is 0.00487. The molecule has 15 heteroatoms. The van der Waals surface area contributed by atoms with E-state index in [1.165, 1.54) is 47.3 Å². The van der Waals surface area contributed by atoms with Gasteiger partial charge in [-0.15, -0.1) is 11.3 Å². The predicted molar refractivity (Wildman–Crippen MR) is 152 cm³/mol. The third kappa shape index (κ3) is 6.29. The number of halogens is 4. The van der Waals surface area contributed by atoms with Crippen LogP contribution in [0.1, 0.15) is 43.8 Å². The number of esters is 1. The summed E-state index contributed by atoms with van der Waals surface area (Å²) < 4.78 is 50.4. The fourth-order valence-corrected chi connectivity index (χ4v) is 6.32. The van der Waals surface area contributed by atoms with Crippen LogP contribution in [0.25, 0.3) is 0 Å². The Kier molecular flexibility index (Phi) is 8.87. The van der Waals surface area contributed by atoms with Gasteiger partial charge in [0, 0.05) is 40.9 Å². The lowest BCUT2D eigenvalue weighted by atomic mass is 9.89. The molecule has 3 aliphatic rings. The van der Waals surface area contributed by atoms with Gasteiger partial charge in [-0.05, 0) is 39.3 Å². The molecular weight excluding hydrogens is 611 g/mol. The zero-order valence-electron chi connectivity index (χ0n) is 23.7. The van der Waals surface area contributed by atoms with Gasteiger partial charge >= 0.3 is 11.9 Å². The van der Waals surface area contributed by atoms with E-state index in [0.29, 0.717) is 16.4 Å². The molecule has 2 aromatic rings. The van der Waals surface area contributed by atoms with Gasteiger partial charge in [0.25, 0.3) is 5.92 Å². The Hall–Kier alpha value is -3.04. The zero-order chi connectivity index (χ0) is 31.1. The minimum Gasteiger partial charge on any atom is -0.481 e. The molecule has 3 unspecified atom stereocenters. The number of carbonyl (C=O) groups excluding carboxylic acids is 1. The Morgan fingerprint density at radius 3 is 2.77 bits per heavy atom. The number of hydrogen-bond acceptors (Lipinski definition) is 10. The van der Waals surface area contributed by atoms with Crippen molar-refractivity contribution in [2.24, 2.45) is 10.4 Å². The molecule has 0 saturated carbocycles. The van der Waals surface area contributed by atoms with E-state index in [0.717, 1.165) is 6.07 Å². The summed E-state index contributed by atoms with van der Waals surface area (Å²) in [5.74, 6) is -5.22. The first-order valence-electron chi connectivity index (χ1n) is 13.7. The van der Waals surface area contributed by atoms with E-state index in [-0.39, 0.29) is 49.0 Å². The summed E-state index contributed by atoms with van der Waals surface area (Å²) in [4.78, 5) is 41.2. The maximum Gasteiger partial charge on any atom is 0.338 e. The number of aromatic nitrogens is 1. The van der Waals surface area contributed by atoms with Crippen LogP contribution in [0.15, 0.2) is 46.0 Å². The quantitative estimate of drug-likeness (QED) is 0.367. The number of nitrogens with zero attached hydrogens (tertiary/aromatic N) is 4. The largest absolute Gasteiger partial charge is 0.481 e. The highest BCUT2D eigenvalue weighted by atomic mass is 35.5. The fourth-order valence-electron chi connectivity index (χ4n) is 5.46. The number of benzene rings is 1. The van der Waals surface area contributed by atoms with Crippen molar-refractivity contribution in [3.63, 3.8) is 0 Å². The van der Waals surface area contributed by atoms with Gasteiger partial charge in [-0.1, -0.05) is 17.7 Å². The second-order valence-electron chi connectivity index (χ2n) is 11.2. The second kappa shape index (κ2) is 12.2. The molecule has 3 aliphatic heterocycles. The van der Waals surface area contributed by atoms with Gasteiger partial charge in [0.1, 0.15) is 17.9 Å². The maximum atomic E-state index is 15.5. The Balaban J connectivity index is 1.50. The lowest BCUT2D eigenvalue weighted by Gasteiger charge is -2.30. The van der Waals surface area contributed by atoms with Gasteiger partial charge in [0.05, 0.1) is 36.8 Å². The average molecular weight is 642 g/mol. The first kappa shape index (κ1) is 31.4. The molecule has 10 nitrogen and oxygen atoms in total. The van der Waals surface area contributed by atoms with Gasteiger partial charge in [-0.2, -0.15) is 5.06 Å². The molecule has 2 fully saturated rings. The molecule has 4 heterocycles. The standard InChI is InChI=1S/C28H31ClF3N5O5S/c1-4-41-25(38)20-18(34-23(24-33-8-10-43-24)35-21(20)16-6-5-15(30)11-17(16)29)12-36-14-28(31,32)22-19(36)13-42-37(22)9-7-27(2,3)26(39)40/h5-6,8,10-11,19,21-22H,4,7,9,12-14H2,1-3H3,(H,34,35)(H,39,40). The number of hydrogen-bond donors (Lipinski definition) is 2. The van der Waals surface area contributed by atoms with Gasteiger partial charge in [-0.3, -0.25) is 19.5 Å². The molecule has 1 aromatic carbocycles. The molecule has 2 saturated heterocycles. The van der Waals surface area contributed by atoms with Crippen LogP contribution in [0.4, 0.5) is 13.2 Å². The fraction of sp³-hybridized carbons (Fsp3) is 0.500. The van der Waals surface area contributed by atoms with Crippen molar-refractivity contribution < 1.29 is 37.4 Å². The van der Waals surface area contributed by atoms with Crippen LogP contribution < -0.4 is 5.32 Å². The monoisotopic (exact) mass is 641 g/mol. The van der Waals surface area contributed by atoms with E-state index >= 15 is 8.78 Å². The number of ether oxygens (including phenoxy) is 1. The Morgan fingerprint density at radius 1 is 1.35 bits per heavy atom. The van der Waals surface area contributed by atoms with Crippen molar-refractivity contribution in [1.29, 1.82) is 0 Å². The highest BCUT2D eigenvalue weighted by molar-refractivity contribution is 7.11. The molecule has 0 amide bonds. The van der Waals surface area contributed by atoms with Crippen LogP contribution in [0.3, 0.4) is 0 Å². The molecule has 2 N–H and O–H groups in total. The van der Waals surface area contributed by atoms with Crippen LogP contribution in [-0.4, -0.2) is 88.7 Å². The molecule has 0 spiro atoms. The van der Waals surface area contributed by atoms with Crippen LogP contribution in [0.5, 0.6) is 0 Å². The van der Waals surface area contributed by atoms with E-state index < -0.39 is 53.8 Å². The second-order valence-corrected chi connectivity index (χ2v) is 12.5. The van der Waals surface area contributed by atoms with Crippen LogP contribution in [0, 0.1) is 11.2 Å². The number of carboxylic acid groups (broad SMARTS) is 1. The van der Waals surface area contributed by atoms with Crippen molar-refractivity contribution >= 4 is 40.7 Å². The van der Waals surface area contributed by atoms with Crippen molar-refractivity contribution in [3.8, 4) is 0 Å². The van der Waals surface area contributed by atoms with Gasteiger partial charge in [-0.25, -0.2) is 22.9 Å². The number of nitrogens with one attached hydrogen (secondary N) is 1. The van der Waals surface area contributed by atoms with E-state index in [4.69, 9.17) is 26.2 Å². The number of aliphatic carboxylic acids is 1. The predicted octanol–water partition coefficient (Wildman–Crippen LogP) is 4.28. The third-order valence-electron chi connectivity index (χ3n) is 7.81. The van der Waals surface area contributed by atoms with Crippen molar-refractivity contribution in [2.45, 2.75) is 51.2 Å². The number of amidine groups is 1. The number of hydroxylamine groups is 2. The molecule has 1 aromatic heterocycles. The molecule has 3 atom stereocenters. The van der Waals surface area contributed by atoms with Gasteiger partial charge < -0.3 is 15.2 Å². The van der Waals surface area contributed by atoms with E-state index in [1.807, 2.05) is 0 Å². The number of rotatable bonds is 10. The van der Waals surface area contributed by atoms with Gasteiger partial charge in [0.2, 0.25) is 0 Å². The van der Waals surface area contributed by atoms with Crippen molar-refractivity contribution in [3.05, 3.63) is 62.5 Å². The number of thiazole rings is 1. The summed E-state index contributed by atoms with van der Waals surface area (Å²) in [6, 6.07) is 0.635. The van der Waals surface area contributed by atoms with E-state index in [9.17, 15) is 19.1 Å². The minimum atomic E-state index is -3.19. The van der Waals surface area contributed by atoms with Crippen LogP contribution >= 0.6 is 22.9 Å². The summed E-state index contributed by atoms with van der Waals surface area (Å²) in [6.45, 7) is 3.96. The molecule has 43 heavy (non-hydrogen) atoms. The molecule has 232 valence electrons. The lowest BCUT2D eigenvalue weighted by molar-refractivity contribution is -0.186. The number of carboxylic acids is 1. The highest BCUT2D eigenvalue weighted by Gasteiger charge is 2.61. The number of carbonyl (C=O) groups is 2. The Morgan fingerprint density at radius 2 is 2.12 bits per heavy atom. The Bertz CT molecular complexity index is 1450. The van der Waals surface area contributed by atoms with Crippen molar-refractivity contribution in [2.75, 3.05) is 32.8 Å². The smallest absolute Gasteiger partial charge is 0.338 e. The summed E-state index contributed by atoms with van der Waals surface area (Å²) >= 11 is 7.71. The Labute approximate surface area is 255 Å². The highest BCUT2D eigenvalue weighted by Crippen LogP contribution is 2.42. The summed E-state index contributed by atoms with van der Waals surface area (Å²) in [5, 5.41) is 16.0. The third-order valence-corrected chi connectivity index (χ3v) is 8.92. The number of alkyl halides is 2. The number of aliphatic imine (C=N–C) groups is 1. The molecule has 0 radical (unpaired) electrons. The van der Waals surface area contributed by atoms with Gasteiger partial charge in [0.15, 0.2) is 10.8 Å². The van der Waals surface area contributed by atoms with Crippen molar-refractivity contribution in [1.82, 2.24) is 20.3 Å².